The summed E-state index contributed by atoms with van der Waals surface area (Å²) in [6, 6.07) is 18.7. The molecule has 5 heteroatoms. The molecule has 1 heterocycles. The molecule has 2 N–H and O–H groups in total. The van der Waals surface area contributed by atoms with Gasteiger partial charge in [0.1, 0.15) is 0 Å². The van der Waals surface area contributed by atoms with Gasteiger partial charge in [0.15, 0.2) is 0 Å². The Labute approximate surface area is 167 Å². The fourth-order valence-corrected chi connectivity index (χ4v) is 4.10. The Kier molecular flexibility index (Phi) is 4.89. The second kappa shape index (κ2) is 7.51. The van der Waals surface area contributed by atoms with Gasteiger partial charge in [-0.2, -0.15) is 0 Å². The van der Waals surface area contributed by atoms with Crippen LogP contribution in [0.2, 0.25) is 0 Å². The topological polar surface area (TPSA) is 83.5 Å². The Balaban J connectivity index is 0.000000249. The highest BCUT2D eigenvalue weighted by atomic mass is 16.4. The Bertz CT molecular complexity index is 1210. The van der Waals surface area contributed by atoms with Crippen molar-refractivity contribution in [1.82, 2.24) is 5.32 Å². The number of amides is 2. The number of carbonyl (C=O) groups is 3. The second-order valence-electron chi connectivity index (χ2n) is 7.28. The largest absolute Gasteiger partial charge is 0.481 e. The standard InChI is InChI=1S/C20H16O2.C4H5NO2/c1-2-15(20(21)22)16-10-8-14-7-6-12-4-3-5-13-9-11-17(16)19(14)18(12)13;6-3-1-2-4(7)5-3/h3-11,15H,2H2,1H3,(H,21,22);1-2H2,(H,5,6,7). The maximum absolute atomic E-state index is 11.6. The van der Waals surface area contributed by atoms with Crippen molar-refractivity contribution in [3.63, 3.8) is 0 Å². The molecule has 0 aromatic heterocycles. The zero-order chi connectivity index (χ0) is 20.5. The van der Waals surface area contributed by atoms with Crippen LogP contribution in [0.5, 0.6) is 0 Å². The lowest BCUT2D eigenvalue weighted by atomic mass is 9.87. The van der Waals surface area contributed by atoms with Gasteiger partial charge in [-0.05, 0) is 44.3 Å². The zero-order valence-corrected chi connectivity index (χ0v) is 16.1. The predicted octanol–water partition coefficient (Wildman–Crippen LogP) is 4.59. The molecular weight excluding hydrogens is 366 g/mol. The van der Waals surface area contributed by atoms with Crippen LogP contribution in [0.25, 0.3) is 32.3 Å². The highest BCUT2D eigenvalue weighted by molar-refractivity contribution is 6.23. The molecule has 1 aliphatic heterocycles. The summed E-state index contributed by atoms with van der Waals surface area (Å²) in [5.41, 5.74) is 0.917. The third kappa shape index (κ3) is 3.40. The quantitative estimate of drug-likeness (QED) is 0.398. The van der Waals surface area contributed by atoms with E-state index in [4.69, 9.17) is 0 Å². The van der Waals surface area contributed by atoms with Crippen LogP contribution >= 0.6 is 0 Å². The van der Waals surface area contributed by atoms with Crippen LogP contribution in [-0.4, -0.2) is 22.9 Å². The Morgan fingerprint density at radius 3 is 1.97 bits per heavy atom. The molecule has 29 heavy (non-hydrogen) atoms. The first-order chi connectivity index (χ1) is 14.0. The highest BCUT2D eigenvalue weighted by Crippen LogP contribution is 2.38. The molecule has 1 unspecified atom stereocenters. The molecule has 1 fully saturated rings. The lowest BCUT2D eigenvalue weighted by Gasteiger charge is -2.17. The fraction of sp³-hybridized carbons (Fsp3) is 0.208. The molecule has 0 bridgehead atoms. The Hall–Kier alpha value is -3.47. The first-order valence-corrected chi connectivity index (χ1v) is 9.71. The Morgan fingerprint density at radius 1 is 0.897 bits per heavy atom. The van der Waals surface area contributed by atoms with E-state index in [0.29, 0.717) is 19.3 Å². The maximum Gasteiger partial charge on any atom is 0.310 e. The molecule has 1 saturated heterocycles. The first-order valence-electron chi connectivity index (χ1n) is 9.71. The average Bonchev–Trinajstić information content (AvgIpc) is 3.10. The van der Waals surface area contributed by atoms with Crippen LogP contribution in [0.4, 0.5) is 0 Å². The summed E-state index contributed by atoms with van der Waals surface area (Å²) in [7, 11) is 0. The van der Waals surface area contributed by atoms with Gasteiger partial charge in [-0.25, -0.2) is 0 Å². The molecule has 0 spiro atoms. The summed E-state index contributed by atoms with van der Waals surface area (Å²) >= 11 is 0. The van der Waals surface area contributed by atoms with E-state index in [1.807, 2.05) is 13.0 Å². The molecule has 0 radical (unpaired) electrons. The van der Waals surface area contributed by atoms with Crippen LogP contribution in [0.1, 0.15) is 37.7 Å². The van der Waals surface area contributed by atoms with Crippen molar-refractivity contribution < 1.29 is 19.5 Å². The molecule has 146 valence electrons. The second-order valence-corrected chi connectivity index (χ2v) is 7.28. The monoisotopic (exact) mass is 387 g/mol. The van der Waals surface area contributed by atoms with Gasteiger partial charge < -0.3 is 5.11 Å². The molecule has 2 amide bonds. The summed E-state index contributed by atoms with van der Waals surface area (Å²) < 4.78 is 0. The van der Waals surface area contributed by atoms with Crippen LogP contribution in [-0.2, 0) is 14.4 Å². The van der Waals surface area contributed by atoms with Crippen molar-refractivity contribution >= 4 is 50.1 Å². The van der Waals surface area contributed by atoms with Gasteiger partial charge in [-0.1, -0.05) is 61.5 Å². The third-order valence-corrected chi connectivity index (χ3v) is 5.50. The number of imide groups is 1. The van der Waals surface area contributed by atoms with E-state index < -0.39 is 11.9 Å². The van der Waals surface area contributed by atoms with Crippen molar-refractivity contribution in [3.8, 4) is 0 Å². The highest BCUT2D eigenvalue weighted by Gasteiger charge is 2.21. The lowest BCUT2D eigenvalue weighted by Crippen LogP contribution is -2.18. The number of aliphatic carboxylic acids is 1. The normalized spacial score (nSPS) is 14.8. The molecule has 4 aromatic carbocycles. The summed E-state index contributed by atoms with van der Waals surface area (Å²) in [5.74, 6) is -1.50. The summed E-state index contributed by atoms with van der Waals surface area (Å²) in [5, 5.41) is 18.7. The van der Waals surface area contributed by atoms with Crippen molar-refractivity contribution in [2.24, 2.45) is 0 Å². The minimum absolute atomic E-state index is 0.148. The van der Waals surface area contributed by atoms with E-state index in [0.717, 1.165) is 10.9 Å². The number of nitrogens with one attached hydrogen (secondary N) is 1. The average molecular weight is 387 g/mol. The van der Waals surface area contributed by atoms with Crippen molar-refractivity contribution in [2.45, 2.75) is 32.1 Å². The van der Waals surface area contributed by atoms with Crippen molar-refractivity contribution in [3.05, 3.63) is 60.2 Å². The molecular formula is C24H21NO4. The minimum atomic E-state index is -0.752. The first kappa shape index (κ1) is 18.9. The van der Waals surface area contributed by atoms with E-state index in [2.05, 4.69) is 53.8 Å². The number of hydrogen-bond acceptors (Lipinski definition) is 3. The van der Waals surface area contributed by atoms with E-state index in [-0.39, 0.29) is 11.8 Å². The Morgan fingerprint density at radius 2 is 1.45 bits per heavy atom. The number of carboxylic acids is 1. The zero-order valence-electron chi connectivity index (χ0n) is 16.1. The molecule has 0 aliphatic carbocycles. The van der Waals surface area contributed by atoms with E-state index in [9.17, 15) is 19.5 Å². The SMILES string of the molecule is CCC(C(=O)O)c1ccc2ccc3cccc4ccc1c2c34.O=C1CCC(=O)N1. The summed E-state index contributed by atoms with van der Waals surface area (Å²) in [6.07, 6.45) is 1.34. The van der Waals surface area contributed by atoms with Gasteiger partial charge >= 0.3 is 5.97 Å². The van der Waals surface area contributed by atoms with E-state index in [1.165, 1.54) is 26.9 Å². The number of benzene rings is 4. The lowest BCUT2D eigenvalue weighted by molar-refractivity contribution is -0.138. The van der Waals surface area contributed by atoms with Gasteiger partial charge in [-0.15, -0.1) is 0 Å². The maximum atomic E-state index is 11.6. The molecule has 1 atom stereocenters. The molecule has 5 rings (SSSR count). The number of rotatable bonds is 3. The number of carbonyl (C=O) groups excluding carboxylic acids is 2. The van der Waals surface area contributed by atoms with Gasteiger partial charge in [0, 0.05) is 12.8 Å². The van der Waals surface area contributed by atoms with E-state index >= 15 is 0 Å². The minimum Gasteiger partial charge on any atom is -0.481 e. The van der Waals surface area contributed by atoms with Gasteiger partial charge in [0.05, 0.1) is 5.92 Å². The van der Waals surface area contributed by atoms with Gasteiger partial charge in [0.2, 0.25) is 11.8 Å². The third-order valence-electron chi connectivity index (χ3n) is 5.50. The van der Waals surface area contributed by atoms with E-state index in [1.54, 1.807) is 0 Å². The smallest absolute Gasteiger partial charge is 0.310 e. The van der Waals surface area contributed by atoms with Gasteiger partial charge in [0.25, 0.3) is 0 Å². The molecule has 0 saturated carbocycles. The van der Waals surface area contributed by atoms with Crippen LogP contribution in [0.15, 0.2) is 54.6 Å². The van der Waals surface area contributed by atoms with Crippen molar-refractivity contribution in [1.29, 1.82) is 0 Å². The van der Waals surface area contributed by atoms with Crippen LogP contribution in [0, 0.1) is 0 Å². The molecule has 5 nitrogen and oxygen atoms in total. The van der Waals surface area contributed by atoms with Crippen LogP contribution in [0.3, 0.4) is 0 Å². The summed E-state index contributed by atoms with van der Waals surface area (Å²) in [4.78, 5) is 31.8. The number of hydrogen-bond donors (Lipinski definition) is 2. The molecule has 1 aliphatic rings. The van der Waals surface area contributed by atoms with Crippen molar-refractivity contribution in [2.75, 3.05) is 0 Å². The fourth-order valence-electron chi connectivity index (χ4n) is 4.10. The number of carboxylic acid groups (broad SMARTS) is 1. The van der Waals surface area contributed by atoms with Gasteiger partial charge in [-0.3, -0.25) is 19.7 Å². The van der Waals surface area contributed by atoms with Crippen LogP contribution < -0.4 is 5.32 Å². The molecule has 4 aromatic rings. The summed E-state index contributed by atoms with van der Waals surface area (Å²) in [6.45, 7) is 1.93. The predicted molar refractivity (Wildman–Crippen MR) is 113 cm³/mol.